The molecule has 110 valence electrons. The highest BCUT2D eigenvalue weighted by molar-refractivity contribution is 5.42. The van der Waals surface area contributed by atoms with Crippen molar-refractivity contribution in [2.75, 3.05) is 6.54 Å². The van der Waals surface area contributed by atoms with Gasteiger partial charge in [-0.1, -0.05) is 19.1 Å². The molecule has 6 heteroatoms. The maximum absolute atomic E-state index is 13.9. The smallest absolute Gasteiger partial charge is 0.269 e. The number of hydrogen-bond donors (Lipinski definition) is 1. The summed E-state index contributed by atoms with van der Waals surface area (Å²) in [6, 6.07) is 10.2. The molecule has 21 heavy (non-hydrogen) atoms. The Morgan fingerprint density at radius 1 is 1.24 bits per heavy atom. The van der Waals surface area contributed by atoms with Gasteiger partial charge in [0, 0.05) is 24.2 Å². The lowest BCUT2D eigenvalue weighted by Gasteiger charge is -2.12. The van der Waals surface area contributed by atoms with E-state index in [1.807, 2.05) is 6.92 Å². The van der Waals surface area contributed by atoms with Crippen LogP contribution in [0.1, 0.15) is 12.5 Å². The standard InChI is InChI=1S/C15H15FN2O3/c1-2-17-10-11-4-3-5-14(16)15(11)21-13-8-6-12(7-9-13)18(19)20/h3-9,17H,2,10H2,1H3. The van der Waals surface area contributed by atoms with E-state index < -0.39 is 10.7 Å². The number of para-hydroxylation sites is 1. The van der Waals surface area contributed by atoms with Gasteiger partial charge in [0.2, 0.25) is 0 Å². The number of ether oxygens (including phenoxy) is 1. The van der Waals surface area contributed by atoms with E-state index in [9.17, 15) is 14.5 Å². The minimum absolute atomic E-state index is 0.0382. The average molecular weight is 290 g/mol. The Labute approximate surface area is 121 Å². The zero-order chi connectivity index (χ0) is 15.2. The topological polar surface area (TPSA) is 64.4 Å². The Bertz CT molecular complexity index is 629. The van der Waals surface area contributed by atoms with Crippen molar-refractivity contribution >= 4 is 5.69 Å². The summed E-state index contributed by atoms with van der Waals surface area (Å²) in [4.78, 5) is 10.1. The van der Waals surface area contributed by atoms with Gasteiger partial charge >= 0.3 is 0 Å². The van der Waals surface area contributed by atoms with Crippen LogP contribution in [0, 0.1) is 15.9 Å². The van der Waals surface area contributed by atoms with Crippen molar-refractivity contribution in [3.63, 3.8) is 0 Å². The first-order chi connectivity index (χ1) is 10.1. The third-order valence-corrected chi connectivity index (χ3v) is 2.88. The molecule has 0 bridgehead atoms. The number of nitro benzene ring substituents is 1. The molecule has 2 aromatic carbocycles. The highest BCUT2D eigenvalue weighted by atomic mass is 19.1. The van der Waals surface area contributed by atoms with Crippen LogP contribution in [-0.4, -0.2) is 11.5 Å². The van der Waals surface area contributed by atoms with Gasteiger partial charge in [0.15, 0.2) is 11.6 Å². The van der Waals surface area contributed by atoms with Gasteiger partial charge in [-0.25, -0.2) is 4.39 Å². The van der Waals surface area contributed by atoms with Gasteiger partial charge in [-0.15, -0.1) is 0 Å². The van der Waals surface area contributed by atoms with Crippen LogP contribution in [0.3, 0.4) is 0 Å². The molecule has 0 aliphatic carbocycles. The first-order valence-corrected chi connectivity index (χ1v) is 6.52. The first-order valence-electron chi connectivity index (χ1n) is 6.52. The van der Waals surface area contributed by atoms with E-state index in [0.717, 1.165) is 6.54 Å². The van der Waals surface area contributed by atoms with E-state index in [2.05, 4.69) is 5.32 Å². The van der Waals surface area contributed by atoms with Crippen molar-refractivity contribution in [1.29, 1.82) is 0 Å². The number of nitro groups is 1. The fraction of sp³-hybridized carbons (Fsp3) is 0.200. The second-order valence-electron chi connectivity index (χ2n) is 4.36. The average Bonchev–Trinajstić information content (AvgIpc) is 2.48. The lowest BCUT2D eigenvalue weighted by Crippen LogP contribution is -2.12. The number of nitrogens with zero attached hydrogens (tertiary/aromatic N) is 1. The van der Waals surface area contributed by atoms with Crippen LogP contribution < -0.4 is 10.1 Å². The van der Waals surface area contributed by atoms with E-state index in [1.54, 1.807) is 12.1 Å². The van der Waals surface area contributed by atoms with Gasteiger partial charge in [-0.2, -0.15) is 0 Å². The number of rotatable bonds is 6. The molecule has 0 atom stereocenters. The Kier molecular flexibility index (Phi) is 4.84. The summed E-state index contributed by atoms with van der Waals surface area (Å²) in [7, 11) is 0. The molecule has 0 saturated heterocycles. The summed E-state index contributed by atoms with van der Waals surface area (Å²) in [5, 5.41) is 13.7. The minimum atomic E-state index is -0.497. The van der Waals surface area contributed by atoms with E-state index in [0.29, 0.717) is 17.9 Å². The van der Waals surface area contributed by atoms with Crippen LogP contribution in [0.25, 0.3) is 0 Å². The van der Waals surface area contributed by atoms with Crippen LogP contribution in [0.4, 0.5) is 10.1 Å². The molecule has 0 heterocycles. The molecule has 2 rings (SSSR count). The zero-order valence-corrected chi connectivity index (χ0v) is 11.5. The Hall–Kier alpha value is -2.47. The Balaban J connectivity index is 2.23. The Morgan fingerprint density at radius 3 is 2.57 bits per heavy atom. The molecule has 0 aliphatic heterocycles. The van der Waals surface area contributed by atoms with Gasteiger partial charge in [0.25, 0.3) is 5.69 Å². The predicted octanol–water partition coefficient (Wildman–Crippen LogP) is 3.64. The predicted molar refractivity (Wildman–Crippen MR) is 77.0 cm³/mol. The van der Waals surface area contributed by atoms with Crippen molar-refractivity contribution in [2.45, 2.75) is 13.5 Å². The Morgan fingerprint density at radius 2 is 1.95 bits per heavy atom. The molecule has 0 aliphatic rings. The summed E-state index contributed by atoms with van der Waals surface area (Å²) < 4.78 is 19.4. The fourth-order valence-corrected chi connectivity index (χ4v) is 1.82. The summed E-state index contributed by atoms with van der Waals surface area (Å²) >= 11 is 0. The van der Waals surface area contributed by atoms with Crippen LogP contribution in [0.5, 0.6) is 11.5 Å². The summed E-state index contributed by atoms with van der Waals surface area (Å²) in [5.41, 5.74) is 0.652. The van der Waals surface area contributed by atoms with Crippen molar-refractivity contribution in [1.82, 2.24) is 5.32 Å². The molecular weight excluding hydrogens is 275 g/mol. The summed E-state index contributed by atoms with van der Waals surface area (Å²) in [6.07, 6.45) is 0. The quantitative estimate of drug-likeness (QED) is 0.651. The number of halogens is 1. The highest BCUT2D eigenvalue weighted by Crippen LogP contribution is 2.29. The summed E-state index contributed by atoms with van der Waals surface area (Å²) in [5.74, 6) is 0.0134. The van der Waals surface area contributed by atoms with E-state index in [1.165, 1.54) is 30.3 Å². The number of benzene rings is 2. The van der Waals surface area contributed by atoms with Crippen LogP contribution in [0.2, 0.25) is 0 Å². The first kappa shape index (κ1) is 14.9. The van der Waals surface area contributed by atoms with Crippen LogP contribution in [-0.2, 0) is 6.54 Å². The van der Waals surface area contributed by atoms with E-state index in [4.69, 9.17) is 4.74 Å². The lowest BCUT2D eigenvalue weighted by molar-refractivity contribution is -0.384. The molecule has 0 amide bonds. The van der Waals surface area contributed by atoms with E-state index in [-0.39, 0.29) is 11.4 Å². The fourth-order valence-electron chi connectivity index (χ4n) is 1.82. The third kappa shape index (κ3) is 3.76. The second kappa shape index (κ2) is 6.81. The molecule has 0 saturated carbocycles. The summed E-state index contributed by atoms with van der Waals surface area (Å²) in [6.45, 7) is 3.19. The monoisotopic (exact) mass is 290 g/mol. The molecule has 1 N–H and O–H groups in total. The van der Waals surface area contributed by atoms with E-state index >= 15 is 0 Å². The van der Waals surface area contributed by atoms with Crippen molar-refractivity contribution in [3.05, 3.63) is 64.0 Å². The normalized spacial score (nSPS) is 10.4. The molecule has 2 aromatic rings. The van der Waals surface area contributed by atoms with Crippen molar-refractivity contribution < 1.29 is 14.1 Å². The molecule has 0 aromatic heterocycles. The SMILES string of the molecule is CCNCc1cccc(F)c1Oc1ccc([N+](=O)[O-])cc1. The molecule has 5 nitrogen and oxygen atoms in total. The van der Waals surface area contributed by atoms with Crippen LogP contribution >= 0.6 is 0 Å². The van der Waals surface area contributed by atoms with Crippen molar-refractivity contribution in [3.8, 4) is 11.5 Å². The number of hydrogen-bond acceptors (Lipinski definition) is 4. The molecule has 0 fully saturated rings. The van der Waals surface area contributed by atoms with Gasteiger partial charge in [0.1, 0.15) is 5.75 Å². The number of non-ortho nitro benzene ring substituents is 1. The van der Waals surface area contributed by atoms with Gasteiger partial charge in [0.05, 0.1) is 4.92 Å². The zero-order valence-electron chi connectivity index (χ0n) is 11.5. The highest BCUT2D eigenvalue weighted by Gasteiger charge is 2.12. The van der Waals surface area contributed by atoms with Crippen molar-refractivity contribution in [2.24, 2.45) is 0 Å². The third-order valence-electron chi connectivity index (χ3n) is 2.88. The second-order valence-corrected chi connectivity index (χ2v) is 4.36. The molecule has 0 radical (unpaired) electrons. The van der Waals surface area contributed by atoms with Crippen LogP contribution in [0.15, 0.2) is 42.5 Å². The molecular formula is C15H15FN2O3. The molecule has 0 unspecified atom stereocenters. The van der Waals surface area contributed by atoms with Gasteiger partial charge in [-0.05, 0) is 24.7 Å². The van der Waals surface area contributed by atoms with Gasteiger partial charge in [-0.3, -0.25) is 10.1 Å². The largest absolute Gasteiger partial charge is 0.454 e. The van der Waals surface area contributed by atoms with Gasteiger partial charge < -0.3 is 10.1 Å². The maximum Gasteiger partial charge on any atom is 0.269 e. The maximum atomic E-state index is 13.9. The molecule has 0 spiro atoms. The minimum Gasteiger partial charge on any atom is -0.454 e. The lowest BCUT2D eigenvalue weighted by atomic mass is 10.2. The number of nitrogens with one attached hydrogen (secondary N) is 1.